The van der Waals surface area contributed by atoms with Gasteiger partial charge < -0.3 is 30.5 Å². The summed E-state index contributed by atoms with van der Waals surface area (Å²) in [4.78, 5) is 14.5. The molecule has 2 atom stereocenters. The van der Waals surface area contributed by atoms with Gasteiger partial charge in [-0.2, -0.15) is 0 Å². The zero-order valence-corrected chi connectivity index (χ0v) is 20.9. The number of rotatable bonds is 13. The molecule has 1 aliphatic rings. The van der Waals surface area contributed by atoms with Crippen molar-refractivity contribution >= 4 is 11.6 Å². The summed E-state index contributed by atoms with van der Waals surface area (Å²) in [5.74, 6) is 1.12. The van der Waals surface area contributed by atoms with Gasteiger partial charge in [-0.25, -0.2) is 0 Å². The van der Waals surface area contributed by atoms with Gasteiger partial charge in [0.05, 0.1) is 17.9 Å². The lowest BCUT2D eigenvalue weighted by molar-refractivity contribution is 0.100. The van der Waals surface area contributed by atoms with Gasteiger partial charge in [-0.1, -0.05) is 12.1 Å². The minimum absolute atomic E-state index is 0.131. The zero-order valence-electron chi connectivity index (χ0n) is 20.9. The van der Waals surface area contributed by atoms with Crippen molar-refractivity contribution < 1.29 is 19.4 Å². The van der Waals surface area contributed by atoms with Crippen LogP contribution in [0.4, 0.5) is 5.69 Å². The van der Waals surface area contributed by atoms with Crippen LogP contribution in [0.2, 0.25) is 0 Å². The molecule has 1 unspecified atom stereocenters. The monoisotopic (exact) mass is 469 g/mol. The predicted octanol–water partition coefficient (Wildman–Crippen LogP) is 3.23. The van der Waals surface area contributed by atoms with Gasteiger partial charge in [0.2, 0.25) is 0 Å². The fourth-order valence-electron chi connectivity index (χ4n) is 4.68. The van der Waals surface area contributed by atoms with E-state index in [0.717, 1.165) is 46.7 Å². The summed E-state index contributed by atoms with van der Waals surface area (Å²) >= 11 is 0. The van der Waals surface area contributed by atoms with Crippen LogP contribution in [0.5, 0.6) is 11.5 Å². The van der Waals surface area contributed by atoms with Crippen LogP contribution < -0.4 is 25.4 Å². The molecule has 1 amide bonds. The normalized spacial score (nSPS) is 15.8. The molecule has 2 aromatic rings. The molecule has 0 saturated heterocycles. The van der Waals surface area contributed by atoms with E-state index >= 15 is 0 Å². The molecule has 0 aliphatic carbocycles. The largest absolute Gasteiger partial charge is 0.490 e. The molecule has 0 radical (unpaired) electrons. The molecule has 0 bridgehead atoms. The number of benzene rings is 2. The second kappa shape index (κ2) is 12.1. The summed E-state index contributed by atoms with van der Waals surface area (Å²) in [6.45, 7) is 10.9. The summed E-state index contributed by atoms with van der Waals surface area (Å²) in [5, 5.41) is 12.8. The molecule has 0 saturated carbocycles. The first-order chi connectivity index (χ1) is 16.3. The molecule has 0 fully saturated rings. The van der Waals surface area contributed by atoms with E-state index < -0.39 is 5.91 Å². The maximum absolute atomic E-state index is 12.3. The van der Waals surface area contributed by atoms with Gasteiger partial charge in [0.1, 0.15) is 6.61 Å². The zero-order chi connectivity index (χ0) is 24.7. The lowest BCUT2D eigenvalue weighted by Crippen LogP contribution is -2.33. The Morgan fingerprint density at radius 3 is 2.76 bits per heavy atom. The first-order valence-electron chi connectivity index (χ1n) is 12.3. The molecule has 1 heterocycles. The third-order valence-corrected chi connectivity index (χ3v) is 6.20. The Morgan fingerprint density at radius 2 is 2.06 bits per heavy atom. The van der Waals surface area contributed by atoms with E-state index in [4.69, 9.17) is 15.2 Å². The topological polar surface area (TPSA) is 97.1 Å². The van der Waals surface area contributed by atoms with Gasteiger partial charge in [-0.3, -0.25) is 4.79 Å². The second-order valence-corrected chi connectivity index (χ2v) is 9.13. The Hall–Kier alpha value is -2.77. The van der Waals surface area contributed by atoms with E-state index in [1.165, 1.54) is 0 Å². The number of aliphatic hydroxyl groups is 1. The molecule has 0 aromatic heterocycles. The smallest absolute Gasteiger partial charge is 0.250 e. The molecule has 0 spiro atoms. The number of hydrogen-bond donors (Lipinski definition) is 3. The first kappa shape index (κ1) is 25.8. The van der Waals surface area contributed by atoms with E-state index in [0.29, 0.717) is 38.3 Å². The lowest BCUT2D eigenvalue weighted by atomic mass is 9.97. The molecule has 186 valence electrons. The summed E-state index contributed by atoms with van der Waals surface area (Å²) in [5.41, 5.74) is 10.7. The van der Waals surface area contributed by atoms with E-state index in [2.05, 4.69) is 30.1 Å². The summed E-state index contributed by atoms with van der Waals surface area (Å²) in [7, 11) is 0. The fourth-order valence-corrected chi connectivity index (χ4v) is 4.68. The molecule has 7 heteroatoms. The van der Waals surface area contributed by atoms with Crippen LogP contribution in [0.3, 0.4) is 0 Å². The average Bonchev–Trinajstić information content (AvgIpc) is 3.10. The highest BCUT2D eigenvalue weighted by Crippen LogP contribution is 2.36. The maximum Gasteiger partial charge on any atom is 0.250 e. The van der Waals surface area contributed by atoms with Crippen LogP contribution in [-0.2, 0) is 12.8 Å². The molecular formula is C27H39N3O4. The van der Waals surface area contributed by atoms with Crippen LogP contribution in [-0.4, -0.2) is 56.0 Å². The number of nitrogens with two attached hydrogens (primary N) is 1. The Labute approximate surface area is 203 Å². The van der Waals surface area contributed by atoms with Crippen LogP contribution in [0.15, 0.2) is 30.3 Å². The van der Waals surface area contributed by atoms with E-state index in [-0.39, 0.29) is 18.7 Å². The molecule has 7 nitrogen and oxygen atoms in total. The van der Waals surface area contributed by atoms with Gasteiger partial charge in [0.15, 0.2) is 11.5 Å². The SMILES string of the molecule is CCOc1cc(C)ccc1OCCN[C@H](C)Cc1cc2c(c(C(N)=O)c1)N(CCCO)C(C)C2. The number of fused-ring (bicyclic) bond motifs is 1. The number of nitrogens with zero attached hydrogens (tertiary/aromatic N) is 1. The highest BCUT2D eigenvalue weighted by atomic mass is 16.5. The predicted molar refractivity (Wildman–Crippen MR) is 136 cm³/mol. The van der Waals surface area contributed by atoms with Crippen LogP contribution >= 0.6 is 0 Å². The number of aryl methyl sites for hydroxylation is 1. The van der Waals surface area contributed by atoms with Crippen LogP contribution in [0.1, 0.15) is 54.2 Å². The number of nitrogens with one attached hydrogen (secondary N) is 1. The summed E-state index contributed by atoms with van der Waals surface area (Å²) in [6, 6.07) is 10.6. The van der Waals surface area contributed by atoms with Gasteiger partial charge >= 0.3 is 0 Å². The number of carbonyl (C=O) groups excluding carboxylic acids is 1. The average molecular weight is 470 g/mol. The molecule has 2 aromatic carbocycles. The van der Waals surface area contributed by atoms with Crippen molar-refractivity contribution in [3.05, 3.63) is 52.6 Å². The maximum atomic E-state index is 12.3. The van der Waals surface area contributed by atoms with E-state index in [1.54, 1.807) is 0 Å². The summed E-state index contributed by atoms with van der Waals surface area (Å²) in [6.07, 6.45) is 2.33. The molecular weight excluding hydrogens is 430 g/mol. The highest BCUT2D eigenvalue weighted by molar-refractivity contribution is 6.00. The number of carbonyl (C=O) groups is 1. The highest BCUT2D eigenvalue weighted by Gasteiger charge is 2.30. The van der Waals surface area contributed by atoms with Crippen molar-refractivity contribution in [2.45, 2.75) is 59.0 Å². The number of ether oxygens (including phenoxy) is 2. The second-order valence-electron chi connectivity index (χ2n) is 9.13. The van der Waals surface area contributed by atoms with E-state index in [1.807, 2.05) is 38.1 Å². The molecule has 34 heavy (non-hydrogen) atoms. The minimum atomic E-state index is -0.404. The van der Waals surface area contributed by atoms with Gasteiger partial charge in [0, 0.05) is 31.8 Å². The van der Waals surface area contributed by atoms with Crippen LogP contribution in [0, 0.1) is 6.92 Å². The van der Waals surface area contributed by atoms with Gasteiger partial charge in [-0.05, 0) is 81.8 Å². The Morgan fingerprint density at radius 1 is 1.26 bits per heavy atom. The lowest BCUT2D eigenvalue weighted by Gasteiger charge is -2.26. The third kappa shape index (κ3) is 6.42. The van der Waals surface area contributed by atoms with Crippen molar-refractivity contribution in [2.24, 2.45) is 5.73 Å². The van der Waals surface area contributed by atoms with E-state index in [9.17, 15) is 9.90 Å². The third-order valence-electron chi connectivity index (χ3n) is 6.20. The number of hydrogen-bond acceptors (Lipinski definition) is 6. The Bertz CT molecular complexity index is 979. The Kier molecular flexibility index (Phi) is 9.19. The van der Waals surface area contributed by atoms with Crippen molar-refractivity contribution in [3.63, 3.8) is 0 Å². The van der Waals surface area contributed by atoms with Crippen LogP contribution in [0.25, 0.3) is 0 Å². The number of aliphatic hydroxyl groups excluding tert-OH is 1. The molecule has 1 aliphatic heterocycles. The van der Waals surface area contributed by atoms with Gasteiger partial charge in [-0.15, -0.1) is 0 Å². The van der Waals surface area contributed by atoms with Crippen molar-refractivity contribution in [3.8, 4) is 11.5 Å². The van der Waals surface area contributed by atoms with Crippen molar-refractivity contribution in [1.82, 2.24) is 5.32 Å². The van der Waals surface area contributed by atoms with Gasteiger partial charge in [0.25, 0.3) is 5.91 Å². The molecule has 4 N–H and O–H groups in total. The number of anilines is 1. The Balaban J connectivity index is 1.59. The number of amides is 1. The first-order valence-corrected chi connectivity index (χ1v) is 12.3. The quantitative estimate of drug-likeness (QED) is 0.390. The van der Waals surface area contributed by atoms with Crippen molar-refractivity contribution in [2.75, 3.05) is 37.8 Å². The van der Waals surface area contributed by atoms with Crippen molar-refractivity contribution in [1.29, 1.82) is 0 Å². The molecule has 3 rings (SSSR count). The fraction of sp³-hybridized carbons (Fsp3) is 0.519. The summed E-state index contributed by atoms with van der Waals surface area (Å²) < 4.78 is 11.6. The standard InChI is InChI=1S/C27H39N3O4/c1-5-33-25-13-18(2)7-8-24(25)34-12-9-29-19(3)14-21-16-22-15-20(4)30(10-6-11-31)26(22)23(17-21)27(28)32/h7-8,13,16-17,19-20,29,31H,5-6,9-12,14-15H2,1-4H3,(H2,28,32)/t19-,20?/m1/s1. The number of primary amides is 1. The minimum Gasteiger partial charge on any atom is -0.490 e.